The van der Waals surface area contributed by atoms with Gasteiger partial charge in [0.1, 0.15) is 11.4 Å². The van der Waals surface area contributed by atoms with E-state index in [0.717, 1.165) is 11.4 Å². The van der Waals surface area contributed by atoms with E-state index in [9.17, 15) is 4.79 Å². The molecule has 1 aliphatic heterocycles. The molecular weight excluding hydrogens is 376 g/mol. The SMILES string of the molecule is C[C@@H]1CN(C(=O)c2cc(-c3cccn3C)nn2-c2ccccc2Cl)C[C@@H](C)O1. The number of hydrogen-bond acceptors (Lipinski definition) is 3. The van der Waals surface area contributed by atoms with Crippen LogP contribution in [0.1, 0.15) is 24.3 Å². The molecule has 28 heavy (non-hydrogen) atoms. The summed E-state index contributed by atoms with van der Waals surface area (Å²) in [7, 11) is 1.96. The van der Waals surface area contributed by atoms with Crippen LogP contribution in [0.3, 0.4) is 0 Å². The zero-order valence-electron chi connectivity index (χ0n) is 16.2. The maximum atomic E-state index is 13.4. The number of rotatable bonds is 3. The molecule has 3 aromatic rings. The Labute approximate surface area is 169 Å². The Balaban J connectivity index is 1.81. The molecule has 0 unspecified atom stereocenters. The molecule has 1 fully saturated rings. The van der Waals surface area contributed by atoms with Gasteiger partial charge in [-0.2, -0.15) is 5.10 Å². The van der Waals surface area contributed by atoms with Gasteiger partial charge in [0, 0.05) is 26.3 Å². The third-order valence-corrected chi connectivity index (χ3v) is 5.24. The summed E-state index contributed by atoms with van der Waals surface area (Å²) in [6.45, 7) is 5.07. The van der Waals surface area contributed by atoms with E-state index in [0.29, 0.717) is 29.5 Å². The van der Waals surface area contributed by atoms with Crippen LogP contribution in [0.5, 0.6) is 0 Å². The minimum absolute atomic E-state index is 0.00303. The van der Waals surface area contributed by atoms with Crippen molar-refractivity contribution in [3.8, 4) is 17.1 Å². The smallest absolute Gasteiger partial charge is 0.272 e. The summed E-state index contributed by atoms with van der Waals surface area (Å²) < 4.78 is 9.40. The molecule has 2 aromatic heterocycles. The van der Waals surface area contributed by atoms with Gasteiger partial charge < -0.3 is 14.2 Å². The summed E-state index contributed by atoms with van der Waals surface area (Å²) in [5.74, 6) is -0.0742. The largest absolute Gasteiger partial charge is 0.372 e. The predicted octanol–water partition coefficient (Wildman–Crippen LogP) is 3.78. The van der Waals surface area contributed by atoms with Crippen LogP contribution in [0.15, 0.2) is 48.7 Å². The molecule has 1 aliphatic rings. The van der Waals surface area contributed by atoms with E-state index in [1.165, 1.54) is 0 Å². The Kier molecular flexibility index (Phi) is 5.00. The summed E-state index contributed by atoms with van der Waals surface area (Å²) in [5, 5.41) is 5.27. The number of aryl methyl sites for hydroxylation is 1. The summed E-state index contributed by atoms with van der Waals surface area (Å²) in [5.41, 5.74) is 2.83. The van der Waals surface area contributed by atoms with Crippen molar-refractivity contribution >= 4 is 17.5 Å². The number of aromatic nitrogens is 3. The number of nitrogens with zero attached hydrogens (tertiary/aromatic N) is 4. The highest BCUT2D eigenvalue weighted by Gasteiger charge is 2.30. The first-order valence-corrected chi connectivity index (χ1v) is 9.73. The molecule has 1 aromatic carbocycles. The Hall–Kier alpha value is -2.57. The summed E-state index contributed by atoms with van der Waals surface area (Å²) in [6.07, 6.45) is 1.95. The maximum Gasteiger partial charge on any atom is 0.272 e. The highest BCUT2D eigenvalue weighted by molar-refractivity contribution is 6.32. The molecule has 4 rings (SSSR count). The van der Waals surface area contributed by atoms with E-state index in [4.69, 9.17) is 21.4 Å². The van der Waals surface area contributed by atoms with Crippen molar-refractivity contribution < 1.29 is 9.53 Å². The van der Waals surface area contributed by atoms with Crippen LogP contribution < -0.4 is 0 Å². The first-order chi connectivity index (χ1) is 13.4. The number of halogens is 1. The highest BCUT2D eigenvalue weighted by Crippen LogP contribution is 2.27. The van der Waals surface area contributed by atoms with Crippen molar-refractivity contribution in [2.75, 3.05) is 13.1 Å². The molecule has 0 spiro atoms. The third kappa shape index (κ3) is 3.45. The highest BCUT2D eigenvalue weighted by atomic mass is 35.5. The summed E-state index contributed by atoms with van der Waals surface area (Å²) in [6, 6.07) is 13.2. The van der Waals surface area contributed by atoms with E-state index in [2.05, 4.69) is 0 Å². The first-order valence-electron chi connectivity index (χ1n) is 9.35. The summed E-state index contributed by atoms with van der Waals surface area (Å²) >= 11 is 6.42. The van der Waals surface area contributed by atoms with E-state index in [1.807, 2.05) is 73.0 Å². The van der Waals surface area contributed by atoms with Crippen LogP contribution in [-0.2, 0) is 11.8 Å². The number of carbonyl (C=O) groups excluding carboxylic acids is 1. The second-order valence-corrected chi connectivity index (χ2v) is 7.66. The lowest BCUT2D eigenvalue weighted by atomic mass is 10.2. The molecule has 1 amide bonds. The van der Waals surface area contributed by atoms with Crippen molar-refractivity contribution in [2.45, 2.75) is 26.1 Å². The molecule has 3 heterocycles. The normalized spacial score (nSPS) is 19.8. The number of amides is 1. The minimum Gasteiger partial charge on any atom is -0.372 e. The lowest BCUT2D eigenvalue weighted by Crippen LogP contribution is -2.48. The van der Waals surface area contributed by atoms with Gasteiger partial charge in [-0.1, -0.05) is 23.7 Å². The topological polar surface area (TPSA) is 52.3 Å². The molecule has 0 radical (unpaired) electrons. The fourth-order valence-electron chi connectivity index (χ4n) is 3.70. The molecule has 0 saturated carbocycles. The molecule has 0 aliphatic carbocycles. The van der Waals surface area contributed by atoms with E-state index in [1.54, 1.807) is 10.7 Å². The van der Waals surface area contributed by atoms with Crippen molar-refractivity contribution in [2.24, 2.45) is 7.05 Å². The number of carbonyl (C=O) groups is 1. The van der Waals surface area contributed by atoms with E-state index >= 15 is 0 Å². The Morgan fingerprint density at radius 2 is 1.86 bits per heavy atom. The molecule has 6 nitrogen and oxygen atoms in total. The lowest BCUT2D eigenvalue weighted by molar-refractivity contribution is -0.0588. The standard InChI is InChI=1S/C21H23ClN4O2/c1-14-12-25(13-15(2)28-14)21(27)20-11-17(19-9-6-10-24(19)3)23-26(20)18-8-5-4-7-16(18)22/h4-11,14-15H,12-13H2,1-3H3/t14-,15-/m1/s1. The van der Waals surface area contributed by atoms with Crippen molar-refractivity contribution in [3.05, 3.63) is 59.4 Å². The van der Waals surface area contributed by atoms with E-state index in [-0.39, 0.29) is 18.1 Å². The molecule has 7 heteroatoms. The zero-order valence-corrected chi connectivity index (χ0v) is 16.9. The van der Waals surface area contributed by atoms with Crippen LogP contribution >= 0.6 is 11.6 Å². The van der Waals surface area contributed by atoms with Crippen LogP contribution in [0.25, 0.3) is 17.1 Å². The molecule has 0 N–H and O–H groups in total. The van der Waals surface area contributed by atoms with Crippen molar-refractivity contribution in [1.29, 1.82) is 0 Å². The first kappa shape index (κ1) is 18.8. The number of hydrogen-bond donors (Lipinski definition) is 0. The fraction of sp³-hybridized carbons (Fsp3) is 0.333. The van der Waals surface area contributed by atoms with Gasteiger partial charge in [0.05, 0.1) is 28.6 Å². The second kappa shape index (κ2) is 7.45. The lowest BCUT2D eigenvalue weighted by Gasteiger charge is -2.35. The zero-order chi connectivity index (χ0) is 19.8. The monoisotopic (exact) mass is 398 g/mol. The van der Waals surface area contributed by atoms with Gasteiger partial charge in [-0.15, -0.1) is 0 Å². The number of para-hydroxylation sites is 1. The van der Waals surface area contributed by atoms with E-state index < -0.39 is 0 Å². The Morgan fingerprint density at radius 1 is 1.14 bits per heavy atom. The van der Waals surface area contributed by atoms with Crippen LogP contribution in [0.2, 0.25) is 5.02 Å². The van der Waals surface area contributed by atoms with Gasteiger partial charge in [-0.25, -0.2) is 4.68 Å². The molecule has 1 saturated heterocycles. The number of benzene rings is 1. The average molecular weight is 399 g/mol. The van der Waals surface area contributed by atoms with Gasteiger partial charge in [0.15, 0.2) is 0 Å². The Morgan fingerprint density at radius 3 is 2.50 bits per heavy atom. The minimum atomic E-state index is -0.0742. The third-order valence-electron chi connectivity index (χ3n) is 4.92. The second-order valence-electron chi connectivity index (χ2n) is 7.25. The van der Waals surface area contributed by atoms with Crippen LogP contribution in [0, 0.1) is 0 Å². The number of morpholine rings is 1. The van der Waals surface area contributed by atoms with Gasteiger partial charge in [0.2, 0.25) is 0 Å². The quantitative estimate of drug-likeness (QED) is 0.674. The van der Waals surface area contributed by atoms with Gasteiger partial charge in [-0.3, -0.25) is 4.79 Å². The molecule has 2 atom stereocenters. The van der Waals surface area contributed by atoms with Crippen molar-refractivity contribution in [3.63, 3.8) is 0 Å². The number of ether oxygens (including phenoxy) is 1. The molecule has 0 bridgehead atoms. The Bertz CT molecular complexity index is 1000. The fourth-order valence-corrected chi connectivity index (χ4v) is 3.91. The predicted molar refractivity (Wildman–Crippen MR) is 109 cm³/mol. The van der Waals surface area contributed by atoms with Crippen LogP contribution in [0.4, 0.5) is 0 Å². The maximum absolute atomic E-state index is 13.4. The van der Waals surface area contributed by atoms with Gasteiger partial charge in [-0.05, 0) is 44.2 Å². The van der Waals surface area contributed by atoms with Crippen LogP contribution in [-0.4, -0.2) is 50.5 Å². The molecule has 146 valence electrons. The van der Waals surface area contributed by atoms with Gasteiger partial charge in [0.25, 0.3) is 5.91 Å². The average Bonchev–Trinajstić information content (AvgIpc) is 3.27. The van der Waals surface area contributed by atoms with Gasteiger partial charge >= 0.3 is 0 Å². The molecular formula is C21H23ClN4O2. The summed E-state index contributed by atoms with van der Waals surface area (Å²) in [4.78, 5) is 15.3. The van der Waals surface area contributed by atoms with Crippen molar-refractivity contribution in [1.82, 2.24) is 19.2 Å².